The lowest BCUT2D eigenvalue weighted by Crippen LogP contribution is -2.55. The molecule has 4 rings (SSSR count). The summed E-state index contributed by atoms with van der Waals surface area (Å²) >= 11 is 6.06. The van der Waals surface area contributed by atoms with Crippen LogP contribution < -0.4 is 10.1 Å². The molecule has 2 aromatic carbocycles. The number of ether oxygens (including phenoxy) is 3. The van der Waals surface area contributed by atoms with Gasteiger partial charge in [-0.25, -0.2) is 13.6 Å². The van der Waals surface area contributed by atoms with Crippen LogP contribution in [0.3, 0.4) is 0 Å². The van der Waals surface area contributed by atoms with Crippen LogP contribution in [0.25, 0.3) is 0 Å². The summed E-state index contributed by atoms with van der Waals surface area (Å²) in [4.78, 5) is 11.9. The van der Waals surface area contributed by atoms with Crippen molar-refractivity contribution in [3.05, 3.63) is 64.2 Å². The summed E-state index contributed by atoms with van der Waals surface area (Å²) < 4.78 is 47.0. The second-order valence-corrected chi connectivity index (χ2v) is 9.43. The van der Waals surface area contributed by atoms with Crippen LogP contribution in [0.1, 0.15) is 37.8 Å². The van der Waals surface area contributed by atoms with Crippen LogP contribution in [0, 0.1) is 17.6 Å². The van der Waals surface area contributed by atoms with E-state index in [4.69, 9.17) is 25.8 Å². The Morgan fingerprint density at radius 2 is 1.94 bits per heavy atom. The molecule has 2 aliphatic rings. The first-order valence-electron chi connectivity index (χ1n) is 11.2. The topological polar surface area (TPSA) is 56.8 Å². The second-order valence-electron chi connectivity index (χ2n) is 8.99. The van der Waals surface area contributed by atoms with E-state index in [1.807, 2.05) is 26.0 Å². The Morgan fingerprint density at radius 1 is 1.21 bits per heavy atom. The summed E-state index contributed by atoms with van der Waals surface area (Å²) in [6.07, 6.45) is 0.594. The maximum absolute atomic E-state index is 15.3. The van der Waals surface area contributed by atoms with Crippen LogP contribution in [0.2, 0.25) is 5.02 Å². The molecule has 178 valence electrons. The lowest BCUT2D eigenvalue weighted by atomic mass is 9.60. The number of hydrogen-bond donors (Lipinski definition) is 1. The Kier molecular flexibility index (Phi) is 7.10. The highest BCUT2D eigenvalue weighted by atomic mass is 35.5. The predicted octanol–water partition coefficient (Wildman–Crippen LogP) is 5.42. The van der Waals surface area contributed by atoms with Crippen molar-refractivity contribution in [3.8, 4) is 5.75 Å². The van der Waals surface area contributed by atoms with Crippen LogP contribution in [0.15, 0.2) is 36.4 Å². The molecular weight excluding hydrogens is 452 g/mol. The number of benzene rings is 2. The minimum Gasteiger partial charge on any atom is -0.490 e. The zero-order chi connectivity index (χ0) is 23.6. The van der Waals surface area contributed by atoms with Gasteiger partial charge in [-0.2, -0.15) is 0 Å². The fraction of sp³-hybridized carbons (Fsp3) is 0.480. The normalized spacial score (nSPS) is 23.9. The zero-order valence-electron chi connectivity index (χ0n) is 18.7. The first-order valence-corrected chi connectivity index (χ1v) is 11.6. The number of carbonyl (C=O) groups is 1. The Labute approximate surface area is 197 Å². The summed E-state index contributed by atoms with van der Waals surface area (Å²) in [6.45, 7) is 4.41. The van der Waals surface area contributed by atoms with Gasteiger partial charge in [-0.1, -0.05) is 23.7 Å². The molecular formula is C25H28ClF2NO4. The van der Waals surface area contributed by atoms with E-state index < -0.39 is 23.1 Å². The van der Waals surface area contributed by atoms with Crippen molar-refractivity contribution in [1.82, 2.24) is 5.32 Å². The molecule has 1 amide bonds. The van der Waals surface area contributed by atoms with Gasteiger partial charge in [0.1, 0.15) is 5.82 Å². The van der Waals surface area contributed by atoms with E-state index in [1.165, 1.54) is 0 Å². The summed E-state index contributed by atoms with van der Waals surface area (Å²) in [6, 6.07) is 9.63. The Hall–Kier alpha value is -2.38. The fourth-order valence-electron chi connectivity index (χ4n) is 5.04. The fourth-order valence-corrected chi connectivity index (χ4v) is 5.17. The van der Waals surface area contributed by atoms with Crippen LogP contribution in [0.4, 0.5) is 13.6 Å². The molecule has 1 N–H and O–H groups in total. The van der Waals surface area contributed by atoms with Crippen LogP contribution in [0.5, 0.6) is 5.75 Å². The molecule has 1 saturated heterocycles. The molecule has 2 aromatic rings. The molecule has 5 nitrogen and oxygen atoms in total. The lowest BCUT2D eigenvalue weighted by molar-refractivity contribution is -0.103. The highest BCUT2D eigenvalue weighted by Crippen LogP contribution is 2.52. The maximum atomic E-state index is 15.3. The largest absolute Gasteiger partial charge is 0.490 e. The van der Waals surface area contributed by atoms with E-state index in [2.05, 4.69) is 5.32 Å². The van der Waals surface area contributed by atoms with Crippen LogP contribution >= 0.6 is 11.6 Å². The van der Waals surface area contributed by atoms with Gasteiger partial charge in [0.25, 0.3) is 0 Å². The molecule has 33 heavy (non-hydrogen) atoms. The maximum Gasteiger partial charge on any atom is 0.407 e. The molecule has 2 aliphatic heterocycles. The van der Waals surface area contributed by atoms with Crippen molar-refractivity contribution in [2.45, 2.75) is 50.7 Å². The molecule has 0 radical (unpaired) electrons. The average Bonchev–Trinajstić information content (AvgIpc) is 2.77. The van der Waals surface area contributed by atoms with Gasteiger partial charge < -0.3 is 19.5 Å². The smallest absolute Gasteiger partial charge is 0.407 e. The van der Waals surface area contributed by atoms with E-state index >= 15 is 4.39 Å². The third kappa shape index (κ3) is 4.94. The van der Waals surface area contributed by atoms with Gasteiger partial charge in [0.05, 0.1) is 19.3 Å². The van der Waals surface area contributed by atoms with Crippen molar-refractivity contribution >= 4 is 17.7 Å². The van der Waals surface area contributed by atoms with Crippen molar-refractivity contribution < 1.29 is 27.8 Å². The predicted molar refractivity (Wildman–Crippen MR) is 121 cm³/mol. The van der Waals surface area contributed by atoms with E-state index in [9.17, 15) is 9.18 Å². The van der Waals surface area contributed by atoms with Crippen LogP contribution in [-0.2, 0) is 21.3 Å². The van der Waals surface area contributed by atoms with Gasteiger partial charge in [-0.3, -0.25) is 0 Å². The molecule has 0 aromatic heterocycles. The number of amides is 1. The Balaban J connectivity index is 1.65. The number of halogens is 3. The van der Waals surface area contributed by atoms with E-state index in [-0.39, 0.29) is 42.6 Å². The molecule has 0 spiro atoms. The second kappa shape index (κ2) is 9.85. The van der Waals surface area contributed by atoms with Crippen molar-refractivity contribution in [2.75, 3.05) is 19.8 Å². The first-order chi connectivity index (χ1) is 15.8. The highest BCUT2D eigenvalue weighted by Gasteiger charge is 2.53. The third-order valence-corrected chi connectivity index (χ3v) is 6.73. The van der Waals surface area contributed by atoms with Gasteiger partial charge in [0.15, 0.2) is 11.6 Å². The molecule has 1 fully saturated rings. The summed E-state index contributed by atoms with van der Waals surface area (Å²) in [5, 5.41) is 3.29. The summed E-state index contributed by atoms with van der Waals surface area (Å²) in [5.41, 5.74) is 0.506. The number of nitrogens with one attached hydrogen (secondary N) is 1. The van der Waals surface area contributed by atoms with Gasteiger partial charge in [0, 0.05) is 41.0 Å². The lowest BCUT2D eigenvalue weighted by Gasteiger charge is -2.51. The number of hydrogen-bond acceptors (Lipinski definition) is 4. The zero-order valence-corrected chi connectivity index (χ0v) is 19.5. The van der Waals surface area contributed by atoms with E-state index in [0.29, 0.717) is 30.9 Å². The van der Waals surface area contributed by atoms with Crippen LogP contribution in [-0.4, -0.2) is 38.1 Å². The number of fused-ring (bicyclic) bond motifs is 3. The van der Waals surface area contributed by atoms with Gasteiger partial charge in [-0.05, 0) is 56.5 Å². The molecule has 0 bridgehead atoms. The Morgan fingerprint density at radius 3 is 2.67 bits per heavy atom. The van der Waals surface area contributed by atoms with Crippen molar-refractivity contribution in [3.63, 3.8) is 0 Å². The summed E-state index contributed by atoms with van der Waals surface area (Å²) in [7, 11) is 0. The molecule has 0 saturated carbocycles. The molecule has 8 heteroatoms. The standard InChI is InChI=1S/C25H28ClF2NO4/c1-15(2)29-24(30)32-11-9-21-18-14-33-23-20(28)8-7-19(27)22(23)25(18,10-12-31-21)13-16-3-5-17(26)6-4-16/h3-8,15,18,21H,9-14H2,1-2H3,(H,29,30)/t18-,21-,25-/m1/s1. The molecule has 3 atom stereocenters. The SMILES string of the molecule is CC(C)NC(=O)OCC[C@H]1OCC[C@]2(Cc3ccc(Cl)cc3)c3c(F)ccc(F)c3OC[C@H]12. The highest BCUT2D eigenvalue weighted by molar-refractivity contribution is 6.30. The molecule has 0 unspecified atom stereocenters. The number of alkyl carbamates (subject to hydrolysis) is 1. The minimum absolute atomic E-state index is 0.0200. The number of carbonyl (C=O) groups excluding carboxylic acids is 1. The van der Waals surface area contributed by atoms with Gasteiger partial charge in [0.2, 0.25) is 0 Å². The van der Waals surface area contributed by atoms with E-state index in [1.54, 1.807) is 12.1 Å². The molecule has 0 aliphatic carbocycles. The van der Waals surface area contributed by atoms with Crippen molar-refractivity contribution in [2.24, 2.45) is 5.92 Å². The Bertz CT molecular complexity index is 1000. The van der Waals surface area contributed by atoms with E-state index in [0.717, 1.165) is 17.7 Å². The molecule has 2 heterocycles. The monoisotopic (exact) mass is 479 g/mol. The average molecular weight is 480 g/mol. The first kappa shape index (κ1) is 23.8. The third-order valence-electron chi connectivity index (χ3n) is 6.48. The quantitative estimate of drug-likeness (QED) is 0.601. The van der Waals surface area contributed by atoms with Gasteiger partial charge >= 0.3 is 6.09 Å². The minimum atomic E-state index is -0.725. The van der Waals surface area contributed by atoms with Crippen molar-refractivity contribution in [1.29, 1.82) is 0 Å². The number of rotatable bonds is 6. The van der Waals surface area contributed by atoms with Gasteiger partial charge in [-0.15, -0.1) is 0 Å². The summed E-state index contributed by atoms with van der Waals surface area (Å²) in [5.74, 6) is -1.33.